The molecule has 2 aromatic heterocycles. The van der Waals surface area contributed by atoms with Gasteiger partial charge in [0.1, 0.15) is 5.69 Å². The van der Waals surface area contributed by atoms with E-state index >= 15 is 0 Å². The number of pyridine rings is 1. The Balaban J connectivity index is 1.33. The lowest BCUT2D eigenvalue weighted by molar-refractivity contribution is 0.0946. The number of rotatable bonds is 10. The van der Waals surface area contributed by atoms with Crippen LogP contribution >= 0.6 is 0 Å². The smallest absolute Gasteiger partial charge is 0.284 e. The van der Waals surface area contributed by atoms with Crippen LogP contribution < -0.4 is 0 Å². The summed E-state index contributed by atoms with van der Waals surface area (Å²) in [5.41, 5.74) is 1.97. The van der Waals surface area contributed by atoms with Crippen LogP contribution in [0.4, 0.5) is 0 Å². The van der Waals surface area contributed by atoms with Crippen LogP contribution in [0.5, 0.6) is 0 Å². The molecule has 0 saturated heterocycles. The fourth-order valence-corrected chi connectivity index (χ4v) is 2.83. The predicted octanol–water partition coefficient (Wildman–Crippen LogP) is 4.90. The summed E-state index contributed by atoms with van der Waals surface area (Å²) in [6, 6.07) is 16.0. The molecule has 3 rings (SSSR count). The van der Waals surface area contributed by atoms with Crippen LogP contribution in [-0.2, 0) is 6.42 Å². The second-order valence-electron chi connectivity index (χ2n) is 6.30. The summed E-state index contributed by atoms with van der Waals surface area (Å²) < 4.78 is 5.44. The zero-order valence-electron chi connectivity index (χ0n) is 14.8. The topological polar surface area (TPSA) is 68.9 Å². The highest BCUT2D eigenvalue weighted by atomic mass is 16.4. The first kappa shape index (κ1) is 18.0. The minimum Gasteiger partial charge on any atom is -0.412 e. The number of aromatic nitrogens is 3. The number of carbonyl (C=O) groups is 1. The molecule has 0 aliphatic carbocycles. The Hall–Kier alpha value is -2.82. The van der Waals surface area contributed by atoms with Gasteiger partial charge in [0.2, 0.25) is 5.78 Å². The maximum absolute atomic E-state index is 12.1. The van der Waals surface area contributed by atoms with Crippen molar-refractivity contribution in [2.75, 3.05) is 0 Å². The van der Waals surface area contributed by atoms with Gasteiger partial charge in [0, 0.05) is 12.6 Å². The van der Waals surface area contributed by atoms with Crippen LogP contribution in [0.2, 0.25) is 0 Å². The number of hydrogen-bond donors (Lipinski definition) is 0. The van der Waals surface area contributed by atoms with Crippen molar-refractivity contribution in [2.45, 2.75) is 44.9 Å². The van der Waals surface area contributed by atoms with Crippen molar-refractivity contribution in [1.29, 1.82) is 0 Å². The number of benzene rings is 1. The second-order valence-corrected chi connectivity index (χ2v) is 6.30. The third kappa shape index (κ3) is 5.34. The quantitative estimate of drug-likeness (QED) is 0.385. The molecule has 0 spiro atoms. The normalized spacial score (nSPS) is 10.8. The van der Waals surface area contributed by atoms with Crippen LogP contribution in [0.15, 0.2) is 59.1 Å². The molecule has 0 bridgehead atoms. The minimum absolute atomic E-state index is 0.0785. The van der Waals surface area contributed by atoms with E-state index in [9.17, 15) is 4.79 Å². The monoisotopic (exact) mass is 349 g/mol. The molecule has 0 aliphatic heterocycles. The van der Waals surface area contributed by atoms with Gasteiger partial charge >= 0.3 is 0 Å². The Morgan fingerprint density at radius 1 is 0.846 bits per heavy atom. The molecular weight excluding hydrogens is 326 g/mol. The molecule has 0 radical (unpaired) electrons. The molecule has 134 valence electrons. The maximum Gasteiger partial charge on any atom is 0.284 e. The van der Waals surface area contributed by atoms with Gasteiger partial charge in [0.15, 0.2) is 0 Å². The summed E-state index contributed by atoms with van der Waals surface area (Å²) in [6.45, 7) is 0. The van der Waals surface area contributed by atoms with E-state index in [4.69, 9.17) is 4.42 Å². The number of ketones is 1. The molecule has 5 heteroatoms. The Morgan fingerprint density at radius 2 is 1.62 bits per heavy atom. The van der Waals surface area contributed by atoms with Gasteiger partial charge in [-0.2, -0.15) is 0 Å². The molecular formula is C21H23N3O2. The largest absolute Gasteiger partial charge is 0.412 e. The van der Waals surface area contributed by atoms with Gasteiger partial charge in [0.05, 0.1) is 0 Å². The molecule has 0 fully saturated rings. The average Bonchev–Trinajstić information content (AvgIpc) is 3.19. The summed E-state index contributed by atoms with van der Waals surface area (Å²) in [7, 11) is 0. The second kappa shape index (κ2) is 9.61. The molecule has 26 heavy (non-hydrogen) atoms. The number of Topliss-reactive ketones (excluding diaryl/α,β-unsaturated/α-hetero) is 1. The molecule has 5 nitrogen and oxygen atoms in total. The molecule has 3 aromatic rings. The summed E-state index contributed by atoms with van der Waals surface area (Å²) in [4.78, 5) is 16.3. The fraction of sp³-hybridized carbons (Fsp3) is 0.333. The molecule has 0 amide bonds. The van der Waals surface area contributed by atoms with Gasteiger partial charge in [-0.1, -0.05) is 55.7 Å². The molecule has 0 N–H and O–H groups in total. The van der Waals surface area contributed by atoms with E-state index < -0.39 is 0 Å². The molecule has 0 atom stereocenters. The predicted molar refractivity (Wildman–Crippen MR) is 99.7 cm³/mol. The van der Waals surface area contributed by atoms with E-state index in [0.29, 0.717) is 12.1 Å². The van der Waals surface area contributed by atoms with Gasteiger partial charge in [0.25, 0.3) is 11.8 Å². The number of unbranched alkanes of at least 4 members (excludes halogenated alkanes) is 4. The van der Waals surface area contributed by atoms with Gasteiger partial charge in [-0.3, -0.25) is 9.78 Å². The lowest BCUT2D eigenvalue weighted by atomic mass is 10.0. The summed E-state index contributed by atoms with van der Waals surface area (Å²) in [5.74, 6) is 0.272. The highest BCUT2D eigenvalue weighted by molar-refractivity contribution is 5.91. The molecule has 0 unspecified atom stereocenters. The van der Waals surface area contributed by atoms with Crippen LogP contribution in [0.25, 0.3) is 11.6 Å². The van der Waals surface area contributed by atoms with Crippen molar-refractivity contribution in [3.8, 4) is 11.6 Å². The Kier molecular flexibility index (Phi) is 6.65. The van der Waals surface area contributed by atoms with Crippen molar-refractivity contribution in [3.63, 3.8) is 0 Å². The van der Waals surface area contributed by atoms with Crippen molar-refractivity contribution >= 4 is 5.78 Å². The first-order valence-corrected chi connectivity index (χ1v) is 9.15. The van der Waals surface area contributed by atoms with E-state index in [2.05, 4.69) is 39.4 Å². The third-order valence-electron chi connectivity index (χ3n) is 4.26. The zero-order chi connectivity index (χ0) is 18.0. The Morgan fingerprint density at radius 3 is 2.42 bits per heavy atom. The van der Waals surface area contributed by atoms with Gasteiger partial charge in [-0.15, -0.1) is 10.2 Å². The first-order valence-electron chi connectivity index (χ1n) is 9.15. The van der Waals surface area contributed by atoms with Crippen LogP contribution in [0.1, 0.15) is 54.8 Å². The van der Waals surface area contributed by atoms with Crippen LogP contribution in [0, 0.1) is 0 Å². The van der Waals surface area contributed by atoms with E-state index in [1.165, 1.54) is 18.4 Å². The SMILES string of the molecule is O=C(CCCCCCCc1ccccc1)c1nnc(-c2ccccn2)o1. The molecule has 2 heterocycles. The highest BCUT2D eigenvalue weighted by Gasteiger charge is 2.15. The lowest BCUT2D eigenvalue weighted by Crippen LogP contribution is -1.99. The molecule has 0 saturated carbocycles. The summed E-state index contributed by atoms with van der Waals surface area (Å²) in [5, 5.41) is 7.75. The minimum atomic E-state index is -0.0935. The zero-order valence-corrected chi connectivity index (χ0v) is 14.8. The third-order valence-corrected chi connectivity index (χ3v) is 4.26. The highest BCUT2D eigenvalue weighted by Crippen LogP contribution is 2.16. The Bertz CT molecular complexity index is 800. The van der Waals surface area contributed by atoms with Crippen molar-refractivity contribution in [1.82, 2.24) is 15.2 Å². The molecule has 0 aliphatic rings. The lowest BCUT2D eigenvalue weighted by Gasteiger charge is -2.02. The fourth-order valence-electron chi connectivity index (χ4n) is 2.83. The number of aryl methyl sites for hydroxylation is 1. The van der Waals surface area contributed by atoms with E-state index in [0.717, 1.165) is 25.7 Å². The van der Waals surface area contributed by atoms with Crippen molar-refractivity contribution < 1.29 is 9.21 Å². The van der Waals surface area contributed by atoms with Gasteiger partial charge in [-0.05, 0) is 37.0 Å². The van der Waals surface area contributed by atoms with E-state index in [-0.39, 0.29) is 17.6 Å². The van der Waals surface area contributed by atoms with Crippen LogP contribution in [0.3, 0.4) is 0 Å². The number of nitrogens with zero attached hydrogens (tertiary/aromatic N) is 3. The molecule has 1 aromatic carbocycles. The van der Waals surface area contributed by atoms with Crippen molar-refractivity contribution in [2.24, 2.45) is 0 Å². The van der Waals surface area contributed by atoms with Crippen molar-refractivity contribution in [3.05, 3.63) is 66.2 Å². The summed E-state index contributed by atoms with van der Waals surface area (Å²) >= 11 is 0. The van der Waals surface area contributed by atoms with E-state index in [1.54, 1.807) is 12.3 Å². The van der Waals surface area contributed by atoms with E-state index in [1.807, 2.05) is 18.2 Å². The van der Waals surface area contributed by atoms with Gasteiger partial charge in [-0.25, -0.2) is 0 Å². The number of carbonyl (C=O) groups excluding carboxylic acids is 1. The number of hydrogen-bond acceptors (Lipinski definition) is 5. The Labute approximate surface area is 153 Å². The first-order chi connectivity index (χ1) is 12.8. The summed E-state index contributed by atoms with van der Waals surface area (Å²) in [6.07, 6.45) is 8.64. The standard InChI is InChI=1S/C21H23N3O2/c25-19(21-24-23-20(26-21)18-14-9-10-16-22-18)15-8-3-1-2-5-11-17-12-6-4-7-13-17/h4,6-7,9-10,12-14,16H,1-3,5,8,11,15H2. The van der Waals surface area contributed by atoms with Gasteiger partial charge < -0.3 is 4.42 Å². The van der Waals surface area contributed by atoms with Crippen LogP contribution in [-0.4, -0.2) is 21.0 Å². The maximum atomic E-state index is 12.1. The average molecular weight is 349 g/mol.